The van der Waals surface area contributed by atoms with Crippen LogP contribution in [-0.4, -0.2) is 80.4 Å². The molecule has 0 fully saturated rings. The quantitative estimate of drug-likeness (QED) is 0.566. The van der Waals surface area contributed by atoms with E-state index in [9.17, 15) is 4.79 Å². The van der Waals surface area contributed by atoms with Crippen LogP contribution < -0.4 is 0 Å². The Balaban J connectivity index is 0. The molecular formula is C8H10Na2O4. The minimum atomic E-state index is -1.66. The molecular weight excluding hydrogens is 206 g/mol. The third-order valence-electron chi connectivity index (χ3n) is 1.47. The van der Waals surface area contributed by atoms with Crippen molar-refractivity contribution in [1.29, 1.82) is 0 Å². The number of aliphatic hydroxyl groups is 1. The monoisotopic (exact) mass is 216 g/mol. The second kappa shape index (κ2) is 7.70. The zero-order valence-electron chi connectivity index (χ0n) is 6.14. The normalized spacial score (nSPS) is 10.6. The van der Waals surface area contributed by atoms with Gasteiger partial charge in [-0.1, -0.05) is 18.2 Å². The van der Waals surface area contributed by atoms with Crippen LogP contribution >= 0.6 is 0 Å². The number of phenolic OH excluding ortho intramolecular Hbond substituents is 1. The molecule has 0 radical (unpaired) electrons. The second-order valence-corrected chi connectivity index (χ2v) is 2.30. The number of aromatic hydroxyl groups is 1. The van der Waals surface area contributed by atoms with E-state index in [2.05, 4.69) is 0 Å². The molecule has 1 aromatic rings. The summed E-state index contributed by atoms with van der Waals surface area (Å²) in [4.78, 5) is 10.3. The second-order valence-electron chi connectivity index (χ2n) is 2.30. The molecule has 3 N–H and O–H groups in total. The van der Waals surface area contributed by atoms with Gasteiger partial charge in [0.15, 0.2) is 6.10 Å². The summed E-state index contributed by atoms with van der Waals surface area (Å²) in [6.45, 7) is 0. The first-order valence-electron chi connectivity index (χ1n) is 3.31. The van der Waals surface area contributed by atoms with E-state index >= 15 is 0 Å². The van der Waals surface area contributed by atoms with Crippen LogP contribution in [0.1, 0.15) is 11.7 Å². The third kappa shape index (κ3) is 4.31. The van der Waals surface area contributed by atoms with Gasteiger partial charge in [-0.15, -0.1) is 0 Å². The van der Waals surface area contributed by atoms with E-state index in [-0.39, 0.29) is 70.4 Å². The van der Waals surface area contributed by atoms with E-state index in [0.29, 0.717) is 0 Å². The maximum absolute atomic E-state index is 10.3. The molecule has 0 aliphatic carbocycles. The zero-order chi connectivity index (χ0) is 9.14. The number of carboxylic acids is 1. The van der Waals surface area contributed by atoms with Gasteiger partial charge in [0.25, 0.3) is 0 Å². The first-order valence-corrected chi connectivity index (χ1v) is 3.31. The van der Waals surface area contributed by atoms with Crippen LogP contribution in [0.3, 0.4) is 0 Å². The Morgan fingerprint density at radius 2 is 1.71 bits per heavy atom. The molecule has 0 spiro atoms. The summed E-state index contributed by atoms with van der Waals surface area (Å²) in [5.41, 5.74) is 0.00463. The number of aliphatic carboxylic acids is 1. The van der Waals surface area contributed by atoms with Gasteiger partial charge in [-0.25, -0.2) is 4.79 Å². The van der Waals surface area contributed by atoms with Crippen molar-refractivity contribution in [3.8, 4) is 5.75 Å². The predicted octanol–water partition coefficient (Wildman–Crippen LogP) is -0.787. The van der Waals surface area contributed by atoms with Gasteiger partial charge in [-0.3, -0.25) is 0 Å². The van der Waals surface area contributed by atoms with Crippen LogP contribution in [0.5, 0.6) is 5.75 Å². The summed E-state index contributed by atoms with van der Waals surface area (Å²) in [6.07, 6.45) is -1.66. The molecule has 1 aromatic carbocycles. The van der Waals surface area contributed by atoms with Gasteiger partial charge in [0.1, 0.15) is 5.75 Å². The molecule has 0 bridgehead atoms. The van der Waals surface area contributed by atoms with Gasteiger partial charge in [-0.05, 0) is 6.07 Å². The Bertz CT molecular complexity index is 303. The number of para-hydroxylation sites is 1. The molecule has 6 heteroatoms. The minimum absolute atomic E-state index is 0. The number of carbonyl (C=O) groups is 1. The number of hydrogen-bond donors (Lipinski definition) is 3. The Hall–Kier alpha value is 0.450. The average molecular weight is 216 g/mol. The molecule has 14 heavy (non-hydrogen) atoms. The van der Waals surface area contributed by atoms with Crippen molar-refractivity contribution in [2.45, 2.75) is 6.10 Å². The molecule has 0 saturated heterocycles. The summed E-state index contributed by atoms with van der Waals surface area (Å²) >= 11 is 0. The number of carboxylic acid groups (broad SMARTS) is 1. The summed E-state index contributed by atoms with van der Waals surface area (Å²) in [7, 11) is 0. The molecule has 0 aliphatic heterocycles. The van der Waals surface area contributed by atoms with Gasteiger partial charge in [0, 0.05) is 5.56 Å². The Kier molecular flexibility index (Phi) is 9.28. The van der Waals surface area contributed by atoms with Crippen LogP contribution in [0.2, 0.25) is 0 Å². The molecule has 0 amide bonds. The number of hydrogen-bond acceptors (Lipinski definition) is 3. The summed E-state index contributed by atoms with van der Waals surface area (Å²) in [5.74, 6) is -1.59. The van der Waals surface area contributed by atoms with Crippen LogP contribution in [-0.2, 0) is 4.79 Å². The molecule has 68 valence electrons. The van der Waals surface area contributed by atoms with Crippen molar-refractivity contribution < 1.29 is 20.1 Å². The Labute approximate surface area is 126 Å². The fourth-order valence-electron chi connectivity index (χ4n) is 0.852. The number of phenols is 1. The Morgan fingerprint density at radius 3 is 2.14 bits per heavy atom. The SMILES string of the molecule is O=C(O)C(O)c1ccccc1O.[NaH].[NaH]. The van der Waals surface area contributed by atoms with Crippen molar-refractivity contribution in [3.63, 3.8) is 0 Å². The maximum atomic E-state index is 10.3. The number of rotatable bonds is 2. The van der Waals surface area contributed by atoms with Crippen LogP contribution in [0.4, 0.5) is 0 Å². The summed E-state index contributed by atoms with van der Waals surface area (Å²) in [6, 6.07) is 5.77. The van der Waals surface area contributed by atoms with Crippen molar-refractivity contribution in [1.82, 2.24) is 0 Å². The third-order valence-corrected chi connectivity index (χ3v) is 1.47. The van der Waals surface area contributed by atoms with Gasteiger partial charge in [-0.2, -0.15) is 0 Å². The van der Waals surface area contributed by atoms with Gasteiger partial charge < -0.3 is 15.3 Å². The van der Waals surface area contributed by atoms with Gasteiger partial charge in [0.2, 0.25) is 0 Å². The fourth-order valence-corrected chi connectivity index (χ4v) is 0.852. The Morgan fingerprint density at radius 1 is 1.21 bits per heavy atom. The van der Waals surface area contributed by atoms with Crippen LogP contribution in [0.25, 0.3) is 0 Å². The summed E-state index contributed by atoms with van der Waals surface area (Å²) < 4.78 is 0. The van der Waals surface area contributed by atoms with Crippen molar-refractivity contribution in [3.05, 3.63) is 29.8 Å². The van der Waals surface area contributed by atoms with Crippen molar-refractivity contribution in [2.24, 2.45) is 0 Å². The molecule has 1 atom stereocenters. The van der Waals surface area contributed by atoms with Gasteiger partial charge >= 0.3 is 65.1 Å². The van der Waals surface area contributed by atoms with E-state index in [1.54, 1.807) is 12.1 Å². The zero-order valence-corrected chi connectivity index (χ0v) is 6.14. The molecule has 0 heterocycles. The number of benzene rings is 1. The van der Waals surface area contributed by atoms with E-state index in [4.69, 9.17) is 15.3 Å². The molecule has 0 aromatic heterocycles. The number of aliphatic hydroxyl groups excluding tert-OH is 1. The topological polar surface area (TPSA) is 77.8 Å². The fraction of sp³-hybridized carbons (Fsp3) is 0.125. The van der Waals surface area contributed by atoms with Gasteiger partial charge in [0.05, 0.1) is 0 Å². The molecule has 0 saturated carbocycles. The van der Waals surface area contributed by atoms with Crippen molar-refractivity contribution in [2.75, 3.05) is 0 Å². The van der Waals surface area contributed by atoms with E-state index in [1.807, 2.05) is 0 Å². The first kappa shape index (κ1) is 16.9. The standard InChI is InChI=1S/C8H8O4.2Na.2H/c9-6-4-2-1-3-5(6)7(10)8(11)12;;;;/h1-4,7,9-10H,(H,11,12);;;;. The van der Waals surface area contributed by atoms with E-state index in [0.717, 1.165) is 0 Å². The molecule has 4 nitrogen and oxygen atoms in total. The first-order chi connectivity index (χ1) is 5.63. The average Bonchev–Trinajstić information content (AvgIpc) is 2.04. The molecule has 1 unspecified atom stereocenters. The van der Waals surface area contributed by atoms with E-state index < -0.39 is 12.1 Å². The molecule has 0 aliphatic rings. The van der Waals surface area contributed by atoms with Crippen molar-refractivity contribution >= 4 is 65.1 Å². The van der Waals surface area contributed by atoms with Crippen LogP contribution in [0, 0.1) is 0 Å². The van der Waals surface area contributed by atoms with E-state index in [1.165, 1.54) is 12.1 Å². The summed E-state index contributed by atoms with van der Waals surface area (Å²) in [5, 5.41) is 26.5. The molecule has 1 rings (SSSR count). The van der Waals surface area contributed by atoms with Crippen LogP contribution in [0.15, 0.2) is 24.3 Å². The predicted molar refractivity (Wildman–Crippen MR) is 55.0 cm³/mol.